The summed E-state index contributed by atoms with van der Waals surface area (Å²) in [6, 6.07) is 2.22. The summed E-state index contributed by atoms with van der Waals surface area (Å²) in [6.07, 6.45) is 3.57. The number of rotatable bonds is 5. The number of hydrogen-bond acceptors (Lipinski definition) is 4. The Morgan fingerprint density at radius 1 is 1.41 bits per heavy atom. The standard InChI is InChI=1S/C17H24N2O2S/c20-17(13-1-2-13)18-7-16-15-9-19(5-3-14(15)10-21-16)8-12-4-6-22-11-12/h4,6,11,13-16H,1-3,5,7-10H2,(H,18,20)/t14-,15-,16+/m0/s1. The molecule has 0 unspecified atom stereocenters. The van der Waals surface area contributed by atoms with Crippen molar-refractivity contribution in [1.82, 2.24) is 10.2 Å². The average Bonchev–Trinajstić information content (AvgIpc) is 3.12. The fourth-order valence-electron chi connectivity index (χ4n) is 3.79. The van der Waals surface area contributed by atoms with Crippen molar-refractivity contribution in [2.24, 2.45) is 17.8 Å². The zero-order chi connectivity index (χ0) is 14.9. The summed E-state index contributed by atoms with van der Waals surface area (Å²) in [7, 11) is 0. The number of fused-ring (bicyclic) bond motifs is 1. The quantitative estimate of drug-likeness (QED) is 0.903. The number of thiophene rings is 1. The molecule has 1 saturated carbocycles. The number of carbonyl (C=O) groups excluding carboxylic acids is 1. The third-order valence-electron chi connectivity index (χ3n) is 5.30. The second kappa shape index (κ2) is 6.30. The first-order chi connectivity index (χ1) is 10.8. The molecule has 0 radical (unpaired) electrons. The van der Waals surface area contributed by atoms with Crippen LogP contribution in [0.2, 0.25) is 0 Å². The summed E-state index contributed by atoms with van der Waals surface area (Å²) >= 11 is 1.77. The van der Waals surface area contributed by atoms with E-state index in [0.717, 1.165) is 32.5 Å². The summed E-state index contributed by atoms with van der Waals surface area (Å²) in [5.74, 6) is 1.78. The van der Waals surface area contributed by atoms with E-state index in [1.165, 1.54) is 18.5 Å². The maximum atomic E-state index is 11.8. The molecule has 3 heterocycles. The molecule has 2 aliphatic heterocycles. The molecule has 120 valence electrons. The molecule has 3 aliphatic rings. The Bertz CT molecular complexity index is 515. The highest BCUT2D eigenvalue weighted by Crippen LogP contribution is 2.35. The number of nitrogens with one attached hydrogen (secondary N) is 1. The second-order valence-corrected chi connectivity index (χ2v) is 7.75. The van der Waals surface area contributed by atoms with E-state index < -0.39 is 0 Å². The fraction of sp³-hybridized carbons (Fsp3) is 0.706. The zero-order valence-electron chi connectivity index (χ0n) is 12.9. The Hall–Kier alpha value is -0.910. The minimum absolute atomic E-state index is 0.206. The van der Waals surface area contributed by atoms with Crippen molar-refractivity contribution in [2.75, 3.05) is 26.2 Å². The first-order valence-corrected chi connectivity index (χ1v) is 9.36. The van der Waals surface area contributed by atoms with E-state index >= 15 is 0 Å². The van der Waals surface area contributed by atoms with Crippen molar-refractivity contribution in [3.05, 3.63) is 22.4 Å². The van der Waals surface area contributed by atoms with Crippen LogP contribution in [0, 0.1) is 17.8 Å². The Kier molecular flexibility index (Phi) is 4.20. The van der Waals surface area contributed by atoms with Crippen molar-refractivity contribution in [2.45, 2.75) is 31.9 Å². The van der Waals surface area contributed by atoms with E-state index in [1.54, 1.807) is 11.3 Å². The first kappa shape index (κ1) is 14.7. The van der Waals surface area contributed by atoms with Gasteiger partial charge in [0.2, 0.25) is 5.91 Å². The smallest absolute Gasteiger partial charge is 0.223 e. The fourth-order valence-corrected chi connectivity index (χ4v) is 4.45. The number of amides is 1. The molecule has 22 heavy (non-hydrogen) atoms. The van der Waals surface area contributed by atoms with Crippen molar-refractivity contribution in [3.63, 3.8) is 0 Å². The van der Waals surface area contributed by atoms with Gasteiger partial charge in [-0.2, -0.15) is 11.3 Å². The molecule has 1 aromatic heterocycles. The van der Waals surface area contributed by atoms with Gasteiger partial charge in [-0.05, 0) is 54.1 Å². The third-order valence-corrected chi connectivity index (χ3v) is 6.04. The number of piperidine rings is 1. The van der Waals surface area contributed by atoms with E-state index in [-0.39, 0.29) is 12.0 Å². The molecule has 0 aromatic carbocycles. The molecule has 0 spiro atoms. The third kappa shape index (κ3) is 3.21. The molecule has 4 nitrogen and oxygen atoms in total. The predicted octanol–water partition coefficient (Wildman–Crippen LogP) is 2.11. The average molecular weight is 320 g/mol. The number of likely N-dealkylation sites (tertiary alicyclic amines) is 1. The zero-order valence-corrected chi connectivity index (χ0v) is 13.7. The maximum absolute atomic E-state index is 11.8. The number of carbonyl (C=O) groups is 1. The van der Waals surface area contributed by atoms with E-state index in [2.05, 4.69) is 27.0 Å². The van der Waals surface area contributed by atoms with Crippen LogP contribution in [0.1, 0.15) is 24.8 Å². The minimum atomic E-state index is 0.206. The number of ether oxygens (including phenoxy) is 1. The lowest BCUT2D eigenvalue weighted by Crippen LogP contribution is -2.45. The van der Waals surface area contributed by atoms with Gasteiger partial charge >= 0.3 is 0 Å². The van der Waals surface area contributed by atoms with E-state index in [0.29, 0.717) is 24.3 Å². The Morgan fingerprint density at radius 3 is 3.09 bits per heavy atom. The molecule has 1 amide bonds. The van der Waals surface area contributed by atoms with Gasteiger partial charge in [0.1, 0.15) is 0 Å². The highest BCUT2D eigenvalue weighted by atomic mass is 32.1. The molecule has 1 aromatic rings. The van der Waals surface area contributed by atoms with Gasteiger partial charge in [0, 0.05) is 31.5 Å². The minimum Gasteiger partial charge on any atom is -0.376 e. The number of hydrogen-bond donors (Lipinski definition) is 1. The largest absolute Gasteiger partial charge is 0.376 e. The SMILES string of the molecule is O=C(NC[C@H]1OC[C@@H]2CCN(Cc3ccsc3)C[C@@H]21)C1CC1. The highest BCUT2D eigenvalue weighted by molar-refractivity contribution is 7.07. The van der Waals surface area contributed by atoms with Crippen LogP contribution in [0.25, 0.3) is 0 Å². The summed E-state index contributed by atoms with van der Waals surface area (Å²) in [5.41, 5.74) is 1.42. The van der Waals surface area contributed by atoms with Crippen molar-refractivity contribution >= 4 is 17.2 Å². The first-order valence-electron chi connectivity index (χ1n) is 8.42. The number of nitrogens with zero attached hydrogens (tertiary/aromatic N) is 1. The van der Waals surface area contributed by atoms with Crippen LogP contribution in [-0.2, 0) is 16.1 Å². The lowest BCUT2D eigenvalue weighted by Gasteiger charge is -2.36. The normalized spacial score (nSPS) is 31.9. The van der Waals surface area contributed by atoms with Crippen molar-refractivity contribution < 1.29 is 9.53 Å². The molecule has 4 rings (SSSR count). The maximum Gasteiger partial charge on any atom is 0.223 e. The molecular formula is C17H24N2O2S. The van der Waals surface area contributed by atoms with Gasteiger partial charge in [0.15, 0.2) is 0 Å². The van der Waals surface area contributed by atoms with Crippen molar-refractivity contribution in [1.29, 1.82) is 0 Å². The topological polar surface area (TPSA) is 41.6 Å². The summed E-state index contributed by atoms with van der Waals surface area (Å²) in [4.78, 5) is 14.4. The molecule has 2 saturated heterocycles. The van der Waals surface area contributed by atoms with Gasteiger partial charge in [0.25, 0.3) is 0 Å². The summed E-state index contributed by atoms with van der Waals surface area (Å²) in [5, 5.41) is 7.49. The Balaban J connectivity index is 1.31. The lowest BCUT2D eigenvalue weighted by atomic mass is 9.84. The van der Waals surface area contributed by atoms with E-state index in [4.69, 9.17) is 4.74 Å². The Labute approximate surface area is 135 Å². The van der Waals surface area contributed by atoms with Gasteiger partial charge in [-0.25, -0.2) is 0 Å². The van der Waals surface area contributed by atoms with Crippen LogP contribution in [0.5, 0.6) is 0 Å². The molecular weight excluding hydrogens is 296 g/mol. The second-order valence-electron chi connectivity index (χ2n) is 6.97. The lowest BCUT2D eigenvalue weighted by molar-refractivity contribution is -0.122. The molecule has 1 N–H and O–H groups in total. The molecule has 5 heteroatoms. The highest BCUT2D eigenvalue weighted by Gasteiger charge is 2.41. The van der Waals surface area contributed by atoms with Gasteiger partial charge in [0.05, 0.1) is 12.7 Å². The van der Waals surface area contributed by atoms with Crippen LogP contribution in [-0.4, -0.2) is 43.2 Å². The van der Waals surface area contributed by atoms with Gasteiger partial charge in [-0.3, -0.25) is 9.69 Å². The van der Waals surface area contributed by atoms with Crippen LogP contribution in [0.4, 0.5) is 0 Å². The van der Waals surface area contributed by atoms with Crippen LogP contribution in [0.3, 0.4) is 0 Å². The predicted molar refractivity (Wildman–Crippen MR) is 86.7 cm³/mol. The van der Waals surface area contributed by atoms with Crippen LogP contribution < -0.4 is 5.32 Å². The van der Waals surface area contributed by atoms with Gasteiger partial charge in [-0.15, -0.1) is 0 Å². The van der Waals surface area contributed by atoms with Crippen LogP contribution >= 0.6 is 11.3 Å². The van der Waals surface area contributed by atoms with Crippen molar-refractivity contribution in [3.8, 4) is 0 Å². The molecule has 1 aliphatic carbocycles. The molecule has 3 fully saturated rings. The van der Waals surface area contributed by atoms with Gasteiger partial charge < -0.3 is 10.1 Å². The Morgan fingerprint density at radius 2 is 2.32 bits per heavy atom. The van der Waals surface area contributed by atoms with E-state index in [1.807, 2.05) is 0 Å². The summed E-state index contributed by atoms with van der Waals surface area (Å²) in [6.45, 7) is 4.89. The van der Waals surface area contributed by atoms with E-state index in [9.17, 15) is 4.79 Å². The monoisotopic (exact) mass is 320 g/mol. The van der Waals surface area contributed by atoms with Crippen LogP contribution in [0.15, 0.2) is 16.8 Å². The molecule has 3 atom stereocenters. The summed E-state index contributed by atoms with van der Waals surface area (Å²) < 4.78 is 5.99. The molecule has 0 bridgehead atoms. The van der Waals surface area contributed by atoms with Gasteiger partial charge in [-0.1, -0.05) is 0 Å².